The van der Waals surface area contributed by atoms with Crippen molar-refractivity contribution in [3.05, 3.63) is 35.5 Å². The molecule has 0 N–H and O–H groups in total. The van der Waals surface area contributed by atoms with E-state index in [4.69, 9.17) is 8.85 Å². The van der Waals surface area contributed by atoms with Crippen molar-refractivity contribution < 1.29 is 8.85 Å². The summed E-state index contributed by atoms with van der Waals surface area (Å²) in [4.78, 5) is 0. The van der Waals surface area contributed by atoms with Crippen LogP contribution in [-0.4, -0.2) is 28.8 Å². The molecule has 0 unspecified atom stereocenters. The van der Waals surface area contributed by atoms with E-state index in [1.807, 2.05) is 0 Å². The lowest BCUT2D eigenvalue weighted by Crippen LogP contribution is -2.49. The van der Waals surface area contributed by atoms with E-state index in [0.717, 1.165) is 30.8 Å². The third kappa shape index (κ3) is 8.13. The Kier molecular flexibility index (Phi) is 12.0. The smallest absolute Gasteiger partial charge is 0.192 e. The first kappa shape index (κ1) is 37.5. The van der Waals surface area contributed by atoms with Crippen LogP contribution in [0.25, 0.3) is 0 Å². The fourth-order valence-electron chi connectivity index (χ4n) is 8.25. The van der Waals surface area contributed by atoms with Crippen LogP contribution in [0.3, 0.4) is 0 Å². The van der Waals surface area contributed by atoms with Crippen LogP contribution in [-0.2, 0) is 8.85 Å². The molecule has 0 aromatic rings. The van der Waals surface area contributed by atoms with Crippen molar-refractivity contribution >= 4 is 16.6 Å². The molecule has 0 heterocycles. The highest BCUT2D eigenvalue weighted by Gasteiger charge is 2.51. The van der Waals surface area contributed by atoms with Crippen molar-refractivity contribution in [2.75, 3.05) is 0 Å². The summed E-state index contributed by atoms with van der Waals surface area (Å²) in [6.45, 7) is 35.5. The molecule has 0 aromatic heterocycles. The van der Waals surface area contributed by atoms with Gasteiger partial charge in [-0.3, -0.25) is 0 Å². The number of allylic oxidation sites excluding steroid dienone is 3. The second kappa shape index (κ2) is 14.0. The van der Waals surface area contributed by atoms with Crippen LogP contribution in [0.2, 0.25) is 36.3 Å². The zero-order chi connectivity index (χ0) is 33.3. The van der Waals surface area contributed by atoms with Crippen LogP contribution in [0.15, 0.2) is 35.5 Å². The van der Waals surface area contributed by atoms with E-state index in [1.165, 1.54) is 44.1 Å². The van der Waals surface area contributed by atoms with Crippen molar-refractivity contribution in [2.45, 2.75) is 175 Å². The molecule has 0 amide bonds. The highest BCUT2D eigenvalue weighted by atomic mass is 28.4. The van der Waals surface area contributed by atoms with Gasteiger partial charge in [-0.1, -0.05) is 98.6 Å². The second-order valence-corrected chi connectivity index (χ2v) is 27.6. The molecule has 3 nitrogen and oxygen atoms in total. The molecule has 3 aliphatic carbocycles. The maximum atomic E-state index is 9.25. The Labute approximate surface area is 275 Å². The third-order valence-corrected chi connectivity index (χ3v) is 22.3. The van der Waals surface area contributed by atoms with Crippen LogP contribution in [0.5, 0.6) is 0 Å². The summed E-state index contributed by atoms with van der Waals surface area (Å²) < 4.78 is 14.2. The average molecular weight is 640 g/mol. The first-order valence-electron chi connectivity index (χ1n) is 18.0. The van der Waals surface area contributed by atoms with E-state index >= 15 is 0 Å². The zero-order valence-corrected chi connectivity index (χ0v) is 33.2. The van der Waals surface area contributed by atoms with Gasteiger partial charge in [0, 0.05) is 6.42 Å². The Morgan fingerprint density at radius 2 is 1.52 bits per heavy atom. The van der Waals surface area contributed by atoms with E-state index in [1.54, 1.807) is 5.57 Å². The van der Waals surface area contributed by atoms with Crippen LogP contribution in [0, 0.1) is 40.4 Å². The Balaban J connectivity index is 1.90. The second-order valence-electron chi connectivity index (χ2n) is 18.1. The normalized spacial score (nSPS) is 31.0. The van der Waals surface area contributed by atoms with Gasteiger partial charge in [0.15, 0.2) is 16.6 Å². The summed E-state index contributed by atoms with van der Waals surface area (Å²) >= 11 is 0. The average Bonchev–Trinajstić information content (AvgIpc) is 3.26. The molecule has 3 saturated carbocycles. The minimum Gasteiger partial charge on any atom is -0.410 e. The topological polar surface area (TPSA) is 42.2 Å². The lowest BCUT2D eigenvalue weighted by molar-refractivity contribution is 0.0693. The molecule has 0 aliphatic heterocycles. The van der Waals surface area contributed by atoms with Crippen molar-refractivity contribution in [3.63, 3.8) is 0 Å². The van der Waals surface area contributed by atoms with Crippen LogP contribution in [0.1, 0.15) is 127 Å². The van der Waals surface area contributed by atoms with Gasteiger partial charge >= 0.3 is 0 Å². The number of hydrogen-bond acceptors (Lipinski definition) is 3. The molecule has 0 aromatic carbocycles. The first-order chi connectivity index (χ1) is 20.2. The summed E-state index contributed by atoms with van der Waals surface area (Å²) in [6, 6.07) is 2.41. The maximum absolute atomic E-state index is 9.25. The minimum absolute atomic E-state index is 0.0248. The fourth-order valence-corrected chi connectivity index (χ4v) is 10.8. The van der Waals surface area contributed by atoms with Crippen molar-refractivity contribution in [2.24, 2.45) is 29.1 Å². The first-order valence-corrected chi connectivity index (χ1v) is 23.8. The highest BCUT2D eigenvalue weighted by molar-refractivity contribution is 6.74. The van der Waals surface area contributed by atoms with Gasteiger partial charge in [0.05, 0.1) is 18.3 Å². The Morgan fingerprint density at radius 1 is 0.977 bits per heavy atom. The van der Waals surface area contributed by atoms with E-state index in [2.05, 4.69) is 113 Å². The summed E-state index contributed by atoms with van der Waals surface area (Å²) in [5, 5.41) is 9.55. The summed E-state index contributed by atoms with van der Waals surface area (Å²) in [6.07, 6.45) is 16.4. The van der Waals surface area contributed by atoms with Gasteiger partial charge in [0.25, 0.3) is 0 Å². The number of nitriles is 1. The molecule has 5 heteroatoms. The maximum Gasteiger partial charge on any atom is 0.192 e. The predicted molar refractivity (Wildman–Crippen MR) is 195 cm³/mol. The minimum atomic E-state index is -1.98. The Morgan fingerprint density at radius 3 is 2.00 bits per heavy atom. The standard InChI is InChI=1S/C39H69NO2Si2/c1-15-31(19-17-25-40)28(2)33-22-23-34-32(18-16-24-39(33,34)10)21-20-30-26-35(41-43(11,12)37(4,5)6)29(3)36(27-30)42-44(13,14)38(7,8)9/h20-21,28,31,33-36H,3,15-19,22-24,26-27H2,1-2,4-14H3/b32-21+/t28-,31+,33-,34+,35-,36-,39-/m1/s1. The summed E-state index contributed by atoms with van der Waals surface area (Å²) in [5.74, 6) is 2.80. The molecule has 3 fully saturated rings. The van der Waals surface area contributed by atoms with E-state index in [-0.39, 0.29) is 22.3 Å². The number of hydrogen-bond donors (Lipinski definition) is 0. The quantitative estimate of drug-likeness (QED) is 0.176. The molecule has 3 rings (SSSR count). The molecular formula is C39H69NO2Si2. The largest absolute Gasteiger partial charge is 0.410 e. The zero-order valence-electron chi connectivity index (χ0n) is 31.2. The molecule has 3 aliphatic rings. The molecule has 0 spiro atoms. The van der Waals surface area contributed by atoms with E-state index in [0.29, 0.717) is 29.6 Å². The van der Waals surface area contributed by atoms with Gasteiger partial charge in [-0.25, -0.2) is 0 Å². The molecule has 7 atom stereocenters. The Bertz CT molecular complexity index is 1070. The van der Waals surface area contributed by atoms with Gasteiger partial charge in [-0.2, -0.15) is 5.26 Å². The molecule has 0 bridgehead atoms. The van der Waals surface area contributed by atoms with Crippen molar-refractivity contribution in [1.29, 1.82) is 5.26 Å². The van der Waals surface area contributed by atoms with Crippen LogP contribution in [0.4, 0.5) is 0 Å². The Hall–Kier alpha value is -0.936. The summed E-state index contributed by atoms with van der Waals surface area (Å²) in [7, 11) is -3.95. The molecule has 0 radical (unpaired) electrons. The SMILES string of the molecule is C=C1[C@H](O[Si](C)(C)C(C)(C)C)CC(=C/C=C2\CCC[C@]3(C)[C@@H]([C@H](C)[C@@H](CC)CCC#N)CC[C@@H]23)C[C@H]1O[Si](C)(C)C(C)(C)C. The molecule has 44 heavy (non-hydrogen) atoms. The van der Waals surface area contributed by atoms with Crippen molar-refractivity contribution in [1.82, 2.24) is 0 Å². The van der Waals surface area contributed by atoms with Crippen molar-refractivity contribution in [3.8, 4) is 6.07 Å². The van der Waals surface area contributed by atoms with Gasteiger partial charge in [-0.15, -0.1) is 0 Å². The molecule has 0 saturated heterocycles. The van der Waals surface area contributed by atoms with Crippen LogP contribution >= 0.6 is 0 Å². The fraction of sp³-hybridized carbons (Fsp3) is 0.821. The van der Waals surface area contributed by atoms with Gasteiger partial charge in [0.2, 0.25) is 0 Å². The molecular weight excluding hydrogens is 571 g/mol. The monoisotopic (exact) mass is 639 g/mol. The number of nitrogens with zero attached hydrogens (tertiary/aromatic N) is 1. The third-order valence-electron chi connectivity index (χ3n) is 13.3. The lowest BCUT2D eigenvalue weighted by atomic mass is 9.59. The number of rotatable bonds is 10. The predicted octanol–water partition coefficient (Wildman–Crippen LogP) is 12.2. The van der Waals surface area contributed by atoms with Gasteiger partial charge < -0.3 is 8.85 Å². The van der Waals surface area contributed by atoms with Crippen LogP contribution < -0.4 is 0 Å². The summed E-state index contributed by atoms with van der Waals surface area (Å²) in [5.41, 5.74) is 4.68. The number of fused-ring (bicyclic) bond motifs is 1. The highest BCUT2D eigenvalue weighted by Crippen LogP contribution is 2.60. The van der Waals surface area contributed by atoms with E-state index in [9.17, 15) is 5.26 Å². The molecule has 250 valence electrons. The van der Waals surface area contributed by atoms with Gasteiger partial charge in [-0.05, 0) is 122 Å². The van der Waals surface area contributed by atoms with E-state index < -0.39 is 16.6 Å². The van der Waals surface area contributed by atoms with Gasteiger partial charge in [0.1, 0.15) is 0 Å². The lowest BCUT2D eigenvalue weighted by Gasteiger charge is -2.46.